The van der Waals surface area contributed by atoms with Gasteiger partial charge in [-0.15, -0.1) is 0 Å². The second-order valence-electron chi connectivity index (χ2n) is 4.89. The van der Waals surface area contributed by atoms with Gasteiger partial charge in [0.25, 0.3) is 0 Å². The van der Waals surface area contributed by atoms with Gasteiger partial charge in [-0.2, -0.15) is 0 Å². The fourth-order valence-corrected chi connectivity index (χ4v) is 2.50. The molecule has 18 heavy (non-hydrogen) atoms. The molecule has 0 aliphatic heterocycles. The van der Waals surface area contributed by atoms with Crippen LogP contribution in [0.5, 0.6) is 5.75 Å². The van der Waals surface area contributed by atoms with Gasteiger partial charge in [0, 0.05) is 0 Å². The van der Waals surface area contributed by atoms with E-state index in [9.17, 15) is 0 Å². The summed E-state index contributed by atoms with van der Waals surface area (Å²) in [5.74, 6) is 0.974. The molecule has 0 N–H and O–H groups in total. The molecule has 0 aromatic heterocycles. The van der Waals surface area contributed by atoms with Crippen LogP contribution in [0.1, 0.15) is 22.3 Å². The summed E-state index contributed by atoms with van der Waals surface area (Å²) in [6.07, 6.45) is 0. The number of benzene rings is 2. The largest absolute Gasteiger partial charge is 0.496 e. The number of hydrogen-bond donors (Lipinski definition) is 0. The number of methoxy groups -OCH3 is 1. The summed E-state index contributed by atoms with van der Waals surface area (Å²) in [6.45, 7) is 8.56. The number of rotatable bonds is 2. The Balaban J connectivity index is 2.69. The van der Waals surface area contributed by atoms with Gasteiger partial charge in [0.05, 0.1) is 7.11 Å². The lowest BCUT2D eigenvalue weighted by Gasteiger charge is -2.16. The molecule has 2 aromatic rings. The second kappa shape index (κ2) is 4.85. The Morgan fingerprint density at radius 1 is 0.889 bits per heavy atom. The van der Waals surface area contributed by atoms with Crippen LogP contribution in [0.2, 0.25) is 0 Å². The number of ether oxygens (including phenoxy) is 1. The summed E-state index contributed by atoms with van der Waals surface area (Å²) in [5, 5.41) is 0. The highest BCUT2D eigenvalue weighted by Gasteiger charge is 2.12. The Labute approximate surface area is 109 Å². The van der Waals surface area contributed by atoms with Gasteiger partial charge in [0.1, 0.15) is 5.75 Å². The van der Waals surface area contributed by atoms with Crippen molar-refractivity contribution in [3.63, 3.8) is 0 Å². The van der Waals surface area contributed by atoms with Crippen LogP contribution in [0.25, 0.3) is 11.1 Å². The fourth-order valence-electron chi connectivity index (χ4n) is 2.50. The van der Waals surface area contributed by atoms with Crippen LogP contribution in [0.4, 0.5) is 0 Å². The summed E-state index contributed by atoms with van der Waals surface area (Å²) in [5.41, 5.74) is 7.70. The Bertz CT molecular complexity index is 582. The van der Waals surface area contributed by atoms with E-state index < -0.39 is 0 Å². The van der Waals surface area contributed by atoms with Crippen molar-refractivity contribution in [2.24, 2.45) is 0 Å². The monoisotopic (exact) mass is 240 g/mol. The third-order valence-electron chi connectivity index (χ3n) is 3.58. The highest BCUT2D eigenvalue weighted by Crippen LogP contribution is 2.34. The van der Waals surface area contributed by atoms with Gasteiger partial charge < -0.3 is 4.74 Å². The molecule has 0 heterocycles. The third-order valence-corrected chi connectivity index (χ3v) is 3.58. The van der Waals surface area contributed by atoms with E-state index >= 15 is 0 Å². The van der Waals surface area contributed by atoms with Crippen molar-refractivity contribution in [1.29, 1.82) is 0 Å². The predicted molar refractivity (Wildman–Crippen MR) is 77.4 cm³/mol. The van der Waals surface area contributed by atoms with Crippen molar-refractivity contribution in [1.82, 2.24) is 0 Å². The van der Waals surface area contributed by atoms with Gasteiger partial charge in [0.15, 0.2) is 0 Å². The normalized spacial score (nSPS) is 10.5. The summed E-state index contributed by atoms with van der Waals surface area (Å²) in [4.78, 5) is 0. The molecule has 0 fully saturated rings. The summed E-state index contributed by atoms with van der Waals surface area (Å²) in [7, 11) is 1.73. The SMILES string of the molecule is COc1cc(C)c(-c2cccc(C)c2)c(C)c1C. The van der Waals surface area contributed by atoms with Crippen molar-refractivity contribution in [2.45, 2.75) is 27.7 Å². The maximum atomic E-state index is 5.42. The van der Waals surface area contributed by atoms with Gasteiger partial charge in [-0.1, -0.05) is 29.8 Å². The lowest BCUT2D eigenvalue weighted by molar-refractivity contribution is 0.411. The topological polar surface area (TPSA) is 9.23 Å². The molecule has 1 heteroatoms. The van der Waals surface area contributed by atoms with E-state index in [4.69, 9.17) is 4.74 Å². The van der Waals surface area contributed by atoms with Crippen LogP contribution in [0.15, 0.2) is 30.3 Å². The Hall–Kier alpha value is -1.76. The molecule has 94 valence electrons. The minimum Gasteiger partial charge on any atom is -0.496 e. The summed E-state index contributed by atoms with van der Waals surface area (Å²) < 4.78 is 5.42. The lowest BCUT2D eigenvalue weighted by atomic mass is 9.91. The van der Waals surface area contributed by atoms with E-state index in [-0.39, 0.29) is 0 Å². The fraction of sp³-hybridized carbons (Fsp3) is 0.294. The summed E-state index contributed by atoms with van der Waals surface area (Å²) in [6, 6.07) is 10.8. The van der Waals surface area contributed by atoms with Crippen LogP contribution in [0.3, 0.4) is 0 Å². The lowest BCUT2D eigenvalue weighted by Crippen LogP contribution is -1.96. The number of hydrogen-bond acceptors (Lipinski definition) is 1. The average molecular weight is 240 g/mol. The van der Waals surface area contributed by atoms with E-state index in [0.717, 1.165) is 5.75 Å². The van der Waals surface area contributed by atoms with Gasteiger partial charge in [-0.05, 0) is 61.6 Å². The molecule has 1 nitrogen and oxygen atoms in total. The van der Waals surface area contributed by atoms with E-state index in [1.165, 1.54) is 33.4 Å². The second-order valence-corrected chi connectivity index (χ2v) is 4.89. The minimum atomic E-state index is 0.974. The Morgan fingerprint density at radius 3 is 2.22 bits per heavy atom. The molecule has 0 spiro atoms. The zero-order valence-electron chi connectivity index (χ0n) is 11.8. The maximum absolute atomic E-state index is 5.42. The van der Waals surface area contributed by atoms with Crippen LogP contribution < -0.4 is 4.74 Å². The molecule has 2 aromatic carbocycles. The first kappa shape index (κ1) is 12.7. The van der Waals surface area contributed by atoms with Gasteiger partial charge in [0.2, 0.25) is 0 Å². The van der Waals surface area contributed by atoms with Crippen LogP contribution >= 0.6 is 0 Å². The highest BCUT2D eigenvalue weighted by atomic mass is 16.5. The molecule has 0 bridgehead atoms. The maximum Gasteiger partial charge on any atom is 0.122 e. The van der Waals surface area contributed by atoms with Crippen molar-refractivity contribution < 1.29 is 4.74 Å². The molecular weight excluding hydrogens is 220 g/mol. The zero-order valence-corrected chi connectivity index (χ0v) is 11.8. The van der Waals surface area contributed by atoms with E-state index in [0.29, 0.717) is 0 Å². The first-order valence-electron chi connectivity index (χ1n) is 6.26. The van der Waals surface area contributed by atoms with Crippen molar-refractivity contribution in [3.05, 3.63) is 52.6 Å². The molecular formula is C17H20O. The van der Waals surface area contributed by atoms with Gasteiger partial charge in [-0.3, -0.25) is 0 Å². The molecule has 0 saturated heterocycles. The third kappa shape index (κ3) is 2.13. The average Bonchev–Trinajstić information content (AvgIpc) is 2.34. The molecule has 0 atom stereocenters. The van der Waals surface area contributed by atoms with Gasteiger partial charge >= 0.3 is 0 Å². The van der Waals surface area contributed by atoms with E-state index in [2.05, 4.69) is 58.0 Å². The molecule has 0 amide bonds. The zero-order chi connectivity index (χ0) is 13.3. The summed E-state index contributed by atoms with van der Waals surface area (Å²) >= 11 is 0. The van der Waals surface area contributed by atoms with Crippen LogP contribution in [-0.4, -0.2) is 7.11 Å². The Morgan fingerprint density at radius 2 is 1.61 bits per heavy atom. The van der Waals surface area contributed by atoms with E-state index in [1.54, 1.807) is 7.11 Å². The Kier molecular flexibility index (Phi) is 3.42. The molecule has 2 rings (SSSR count). The van der Waals surface area contributed by atoms with E-state index in [1.807, 2.05) is 0 Å². The van der Waals surface area contributed by atoms with Crippen LogP contribution in [-0.2, 0) is 0 Å². The van der Waals surface area contributed by atoms with Crippen molar-refractivity contribution >= 4 is 0 Å². The predicted octanol–water partition coefficient (Wildman–Crippen LogP) is 4.60. The van der Waals surface area contributed by atoms with Crippen molar-refractivity contribution in [3.8, 4) is 16.9 Å². The molecule has 0 unspecified atom stereocenters. The first-order valence-corrected chi connectivity index (χ1v) is 6.26. The van der Waals surface area contributed by atoms with Crippen molar-refractivity contribution in [2.75, 3.05) is 7.11 Å². The number of aryl methyl sites for hydroxylation is 2. The molecule has 0 radical (unpaired) electrons. The quantitative estimate of drug-likeness (QED) is 0.745. The minimum absolute atomic E-state index is 0.974. The highest BCUT2D eigenvalue weighted by molar-refractivity contribution is 5.74. The standard InChI is InChI=1S/C17H20O/c1-11-7-6-8-15(9-11)17-12(2)10-16(18-5)13(3)14(17)4/h6-10H,1-5H3. The molecule has 0 aliphatic rings. The van der Waals surface area contributed by atoms with Crippen LogP contribution in [0, 0.1) is 27.7 Å². The van der Waals surface area contributed by atoms with Gasteiger partial charge in [-0.25, -0.2) is 0 Å². The molecule has 0 saturated carbocycles. The first-order chi connectivity index (χ1) is 8.54. The molecule has 0 aliphatic carbocycles. The smallest absolute Gasteiger partial charge is 0.122 e.